The zero-order valence-electron chi connectivity index (χ0n) is 13.3. The van der Waals surface area contributed by atoms with Crippen molar-refractivity contribution in [1.82, 2.24) is 5.32 Å². The van der Waals surface area contributed by atoms with Gasteiger partial charge in [-0.1, -0.05) is 17.7 Å². The number of rotatable bonds is 6. The van der Waals surface area contributed by atoms with Crippen molar-refractivity contribution in [2.45, 2.75) is 51.8 Å². The molecule has 1 aromatic carbocycles. The third kappa shape index (κ3) is 6.30. The summed E-state index contributed by atoms with van der Waals surface area (Å²) >= 11 is 5.65. The van der Waals surface area contributed by atoms with E-state index in [9.17, 15) is 14.3 Å². The number of carbonyl (C=O) groups excluding carboxylic acids is 1. The normalized spacial score (nSPS) is 14.5. The lowest BCUT2D eigenvalue weighted by molar-refractivity contribution is -0.155. The summed E-state index contributed by atoms with van der Waals surface area (Å²) in [6, 6.07) is 3.64. The monoisotopic (exact) mass is 331 g/mol. The Balaban J connectivity index is 2.65. The van der Waals surface area contributed by atoms with E-state index in [1.807, 2.05) is 0 Å². The summed E-state index contributed by atoms with van der Waals surface area (Å²) in [5.41, 5.74) is 0.0346. The highest BCUT2D eigenvalue weighted by atomic mass is 35.5. The van der Waals surface area contributed by atoms with E-state index in [2.05, 4.69) is 5.32 Å². The van der Waals surface area contributed by atoms with Crippen LogP contribution < -0.4 is 5.32 Å². The first kappa shape index (κ1) is 18.9. The van der Waals surface area contributed by atoms with E-state index in [-0.39, 0.29) is 30.1 Å². The summed E-state index contributed by atoms with van der Waals surface area (Å²) in [4.78, 5) is 11.8. The van der Waals surface area contributed by atoms with Crippen LogP contribution in [-0.2, 0) is 9.53 Å². The molecule has 0 aromatic heterocycles. The van der Waals surface area contributed by atoms with Crippen molar-refractivity contribution >= 4 is 17.6 Å². The largest absolute Gasteiger partial charge is 0.460 e. The van der Waals surface area contributed by atoms with Gasteiger partial charge in [0.15, 0.2) is 0 Å². The van der Waals surface area contributed by atoms with Gasteiger partial charge in [0.25, 0.3) is 0 Å². The number of carbonyl (C=O) groups is 1. The van der Waals surface area contributed by atoms with Gasteiger partial charge in [-0.05, 0) is 45.4 Å². The molecule has 22 heavy (non-hydrogen) atoms. The lowest BCUT2D eigenvalue weighted by Crippen LogP contribution is -2.36. The van der Waals surface area contributed by atoms with Gasteiger partial charge >= 0.3 is 5.97 Å². The summed E-state index contributed by atoms with van der Waals surface area (Å²) in [5, 5.41) is 12.6. The van der Waals surface area contributed by atoms with Crippen LogP contribution in [-0.4, -0.2) is 29.3 Å². The van der Waals surface area contributed by atoms with E-state index in [4.69, 9.17) is 16.3 Å². The van der Waals surface area contributed by atoms with Crippen molar-refractivity contribution < 1.29 is 19.0 Å². The number of esters is 1. The highest BCUT2D eigenvalue weighted by Gasteiger charge is 2.21. The molecule has 0 saturated heterocycles. The minimum atomic E-state index is -0.542. The first-order valence-electron chi connectivity index (χ1n) is 7.16. The van der Waals surface area contributed by atoms with Gasteiger partial charge in [-0.15, -0.1) is 0 Å². The van der Waals surface area contributed by atoms with Crippen molar-refractivity contribution in [1.29, 1.82) is 0 Å². The Morgan fingerprint density at radius 1 is 1.45 bits per heavy atom. The highest BCUT2D eigenvalue weighted by Crippen LogP contribution is 2.21. The molecule has 0 fully saturated rings. The van der Waals surface area contributed by atoms with Crippen molar-refractivity contribution in [2.24, 2.45) is 0 Å². The molecule has 0 amide bonds. The molecule has 0 aliphatic rings. The molecule has 0 spiro atoms. The van der Waals surface area contributed by atoms with Gasteiger partial charge in [0.05, 0.1) is 24.1 Å². The third-order valence-electron chi connectivity index (χ3n) is 2.91. The topological polar surface area (TPSA) is 58.6 Å². The molecule has 2 atom stereocenters. The minimum absolute atomic E-state index is 0.0299. The van der Waals surface area contributed by atoms with Crippen molar-refractivity contribution in [3.8, 4) is 0 Å². The number of aliphatic hydroxyl groups excluding tert-OH is 1. The summed E-state index contributed by atoms with van der Waals surface area (Å²) < 4.78 is 18.7. The fourth-order valence-corrected chi connectivity index (χ4v) is 2.14. The SMILES string of the molecule is CC(CC(=O)OC(C)(C)C)NC(CO)c1ccc(Cl)c(F)c1. The van der Waals surface area contributed by atoms with Gasteiger partial charge in [-0.25, -0.2) is 4.39 Å². The summed E-state index contributed by atoms with van der Waals surface area (Å²) in [6.45, 7) is 6.99. The number of hydrogen-bond donors (Lipinski definition) is 2. The molecular formula is C16H23ClFNO3. The molecule has 0 bridgehead atoms. The lowest BCUT2D eigenvalue weighted by Gasteiger charge is -2.24. The van der Waals surface area contributed by atoms with Crippen LogP contribution in [0.5, 0.6) is 0 Å². The van der Waals surface area contributed by atoms with Gasteiger partial charge in [0, 0.05) is 6.04 Å². The lowest BCUT2D eigenvalue weighted by atomic mass is 10.1. The molecule has 0 aliphatic carbocycles. The molecule has 2 unspecified atom stereocenters. The first-order valence-corrected chi connectivity index (χ1v) is 7.54. The fraction of sp³-hybridized carbons (Fsp3) is 0.562. The van der Waals surface area contributed by atoms with E-state index in [0.29, 0.717) is 5.56 Å². The molecule has 0 aliphatic heterocycles. The quantitative estimate of drug-likeness (QED) is 0.786. The summed E-state index contributed by atoms with van der Waals surface area (Å²) in [6.07, 6.45) is 0.157. The van der Waals surface area contributed by atoms with Gasteiger partial charge in [0.2, 0.25) is 0 Å². The molecule has 4 nitrogen and oxygen atoms in total. The van der Waals surface area contributed by atoms with Crippen LogP contribution >= 0.6 is 11.6 Å². The molecule has 0 saturated carbocycles. The Morgan fingerprint density at radius 3 is 2.59 bits per heavy atom. The zero-order chi connectivity index (χ0) is 16.9. The zero-order valence-corrected chi connectivity index (χ0v) is 14.1. The van der Waals surface area contributed by atoms with Gasteiger partial charge in [-0.2, -0.15) is 0 Å². The molecule has 2 N–H and O–H groups in total. The number of ether oxygens (including phenoxy) is 1. The maximum atomic E-state index is 13.5. The Kier molecular flexibility index (Phi) is 6.78. The number of benzene rings is 1. The predicted molar refractivity (Wildman–Crippen MR) is 84.3 cm³/mol. The molecule has 0 heterocycles. The maximum Gasteiger partial charge on any atom is 0.307 e. The first-order chi connectivity index (χ1) is 10.1. The number of halogens is 2. The average Bonchev–Trinajstić information content (AvgIpc) is 2.37. The van der Waals surface area contributed by atoms with E-state index in [0.717, 1.165) is 0 Å². The Bertz CT molecular complexity index is 517. The van der Waals surface area contributed by atoms with Crippen LogP contribution in [0.2, 0.25) is 5.02 Å². The van der Waals surface area contributed by atoms with E-state index in [1.54, 1.807) is 33.8 Å². The Morgan fingerprint density at radius 2 is 2.09 bits per heavy atom. The Hall–Kier alpha value is -1.17. The molecule has 6 heteroatoms. The van der Waals surface area contributed by atoms with Gasteiger partial charge in [-0.3, -0.25) is 4.79 Å². The smallest absolute Gasteiger partial charge is 0.307 e. The van der Waals surface area contributed by atoms with Crippen LogP contribution in [0.15, 0.2) is 18.2 Å². The molecule has 0 radical (unpaired) electrons. The van der Waals surface area contributed by atoms with Crippen LogP contribution in [0.1, 0.15) is 45.7 Å². The van der Waals surface area contributed by atoms with Gasteiger partial charge in [0.1, 0.15) is 11.4 Å². The van der Waals surface area contributed by atoms with Crippen molar-refractivity contribution in [3.05, 3.63) is 34.6 Å². The minimum Gasteiger partial charge on any atom is -0.460 e. The van der Waals surface area contributed by atoms with Crippen LogP contribution in [0, 0.1) is 5.82 Å². The maximum absolute atomic E-state index is 13.5. The standard InChI is InChI=1S/C16H23ClFNO3/c1-10(7-15(21)22-16(2,3)4)19-14(9-20)11-5-6-12(17)13(18)8-11/h5-6,8,10,14,19-20H,7,9H2,1-4H3. The van der Waals surface area contributed by atoms with Crippen LogP contribution in [0.4, 0.5) is 4.39 Å². The second-order valence-corrected chi connectivity index (χ2v) is 6.67. The number of nitrogens with one attached hydrogen (secondary N) is 1. The molecule has 1 aromatic rings. The van der Waals surface area contributed by atoms with Crippen molar-refractivity contribution in [3.63, 3.8) is 0 Å². The van der Waals surface area contributed by atoms with Crippen LogP contribution in [0.3, 0.4) is 0 Å². The summed E-state index contributed by atoms with van der Waals surface area (Å²) in [7, 11) is 0. The fourth-order valence-electron chi connectivity index (χ4n) is 2.02. The number of hydrogen-bond acceptors (Lipinski definition) is 4. The molecule has 1 rings (SSSR count). The van der Waals surface area contributed by atoms with E-state index in [1.165, 1.54) is 12.1 Å². The Labute approximate surface area is 135 Å². The van der Waals surface area contributed by atoms with Crippen LogP contribution in [0.25, 0.3) is 0 Å². The molecular weight excluding hydrogens is 309 g/mol. The van der Waals surface area contributed by atoms with Gasteiger partial charge < -0.3 is 15.2 Å². The second-order valence-electron chi connectivity index (χ2n) is 6.27. The number of aliphatic hydroxyl groups is 1. The third-order valence-corrected chi connectivity index (χ3v) is 3.21. The van der Waals surface area contributed by atoms with E-state index >= 15 is 0 Å². The highest BCUT2D eigenvalue weighted by molar-refractivity contribution is 6.30. The van der Waals surface area contributed by atoms with Crippen molar-refractivity contribution in [2.75, 3.05) is 6.61 Å². The second kappa shape index (κ2) is 7.90. The molecule has 124 valence electrons. The summed E-state index contributed by atoms with van der Waals surface area (Å²) in [5.74, 6) is -0.870. The average molecular weight is 332 g/mol. The predicted octanol–water partition coefficient (Wildman–Crippen LogP) is 3.22. The van der Waals surface area contributed by atoms with E-state index < -0.39 is 17.5 Å².